The van der Waals surface area contributed by atoms with Crippen LogP contribution in [0.5, 0.6) is 11.5 Å². The molecule has 7 aromatic rings. The maximum absolute atomic E-state index is 6.53. The van der Waals surface area contributed by atoms with E-state index >= 15 is 0 Å². The van der Waals surface area contributed by atoms with Crippen molar-refractivity contribution in [3.63, 3.8) is 0 Å². The molecule has 3 heterocycles. The van der Waals surface area contributed by atoms with Crippen LogP contribution in [0.1, 0.15) is 44.8 Å². The maximum atomic E-state index is 6.53. The van der Waals surface area contributed by atoms with Crippen molar-refractivity contribution in [1.29, 1.82) is 0 Å². The van der Waals surface area contributed by atoms with Gasteiger partial charge in [-0.2, -0.15) is 5.10 Å². The lowest BCUT2D eigenvalue weighted by Gasteiger charge is -2.19. The van der Waals surface area contributed by atoms with Gasteiger partial charge in [0.15, 0.2) is 0 Å². The van der Waals surface area contributed by atoms with Crippen LogP contribution in [0.15, 0.2) is 85.1 Å². The summed E-state index contributed by atoms with van der Waals surface area (Å²) in [5.41, 5.74) is 15.7. The Bertz CT molecular complexity index is 2260. The Morgan fingerprint density at radius 1 is 0.578 bits per heavy atom. The summed E-state index contributed by atoms with van der Waals surface area (Å²) in [4.78, 5) is 4.72. The molecule has 45 heavy (non-hydrogen) atoms. The van der Waals surface area contributed by atoms with E-state index in [1.165, 1.54) is 49.9 Å². The molecular weight excluding hydrogens is 552 g/mol. The Labute approximate surface area is 264 Å². The fraction of sp³-hybridized carbons (Fsp3) is 0.200. The highest BCUT2D eigenvalue weighted by Gasteiger charge is 2.22. The van der Waals surface area contributed by atoms with Gasteiger partial charge in [0.05, 0.1) is 22.4 Å². The van der Waals surface area contributed by atoms with Crippen molar-refractivity contribution in [3.8, 4) is 34.1 Å². The minimum Gasteiger partial charge on any atom is -0.457 e. The molecule has 0 spiro atoms. The Morgan fingerprint density at radius 2 is 1.27 bits per heavy atom. The summed E-state index contributed by atoms with van der Waals surface area (Å²) in [6.07, 6.45) is 1.87. The van der Waals surface area contributed by atoms with Crippen LogP contribution in [0.3, 0.4) is 0 Å². The Morgan fingerprint density at radius 3 is 2.02 bits per heavy atom. The van der Waals surface area contributed by atoms with Gasteiger partial charge < -0.3 is 4.74 Å². The van der Waals surface area contributed by atoms with E-state index in [1.807, 2.05) is 35.1 Å². The third-order valence-corrected chi connectivity index (χ3v) is 9.61. The van der Waals surface area contributed by atoms with Crippen molar-refractivity contribution in [2.75, 3.05) is 0 Å². The summed E-state index contributed by atoms with van der Waals surface area (Å²) < 4.78 is 10.8. The zero-order valence-corrected chi connectivity index (χ0v) is 27.3. The molecule has 0 N–H and O–H groups in total. The summed E-state index contributed by atoms with van der Waals surface area (Å²) in [5, 5.41) is 7.39. The van der Waals surface area contributed by atoms with E-state index in [0.29, 0.717) is 0 Å². The van der Waals surface area contributed by atoms with Gasteiger partial charge in [-0.1, -0.05) is 24.3 Å². The number of pyridine rings is 1. The predicted octanol–water partition coefficient (Wildman–Crippen LogP) is 10.3. The van der Waals surface area contributed by atoms with Crippen molar-refractivity contribution in [2.24, 2.45) is 0 Å². The number of aromatic nitrogens is 4. The number of hydrogen-bond donors (Lipinski definition) is 0. The van der Waals surface area contributed by atoms with Crippen LogP contribution in [0.25, 0.3) is 44.4 Å². The standard InChI is InChI=1S/C40H38N4O/c1-23-18-19-41-38(20-23)43-36-15-10-9-14-34(36)35-17-16-33(22-37(35)43)45-32-13-11-12-31(21-32)44-30(8)40(29(7)42-44)39-27(5)25(3)24(2)26(4)28(39)6/h9-22H,1-8H3. The summed E-state index contributed by atoms with van der Waals surface area (Å²) in [6, 6.07) is 27.1. The van der Waals surface area contributed by atoms with Crippen LogP contribution in [-0.4, -0.2) is 19.3 Å². The molecule has 3 aromatic heterocycles. The third kappa shape index (κ3) is 4.62. The van der Waals surface area contributed by atoms with Gasteiger partial charge in [-0.05, 0) is 137 Å². The van der Waals surface area contributed by atoms with Gasteiger partial charge in [0.1, 0.15) is 17.3 Å². The SMILES string of the molecule is Cc1ccnc(-n2c3ccccc3c3ccc(Oc4cccc(-n5nc(C)c(-c6c(C)c(C)c(C)c(C)c6C)c5C)c4)cc32)c1. The van der Waals surface area contributed by atoms with Crippen LogP contribution in [0.4, 0.5) is 0 Å². The normalized spacial score (nSPS) is 11.6. The zero-order chi connectivity index (χ0) is 31.6. The van der Waals surface area contributed by atoms with Gasteiger partial charge in [0.25, 0.3) is 0 Å². The Hall–Kier alpha value is -5.16. The van der Waals surface area contributed by atoms with Gasteiger partial charge in [0, 0.05) is 40.4 Å². The Kier molecular flexibility index (Phi) is 6.85. The first kappa shape index (κ1) is 28.6. The molecule has 4 aromatic carbocycles. The topological polar surface area (TPSA) is 44.9 Å². The van der Waals surface area contributed by atoms with E-state index in [-0.39, 0.29) is 0 Å². The van der Waals surface area contributed by atoms with Gasteiger partial charge >= 0.3 is 0 Å². The molecule has 0 amide bonds. The number of aryl methyl sites for hydroxylation is 2. The molecule has 0 saturated carbocycles. The van der Waals surface area contributed by atoms with Crippen LogP contribution in [0.2, 0.25) is 0 Å². The minimum absolute atomic E-state index is 0.756. The molecule has 5 heteroatoms. The first-order chi connectivity index (χ1) is 21.6. The molecule has 0 radical (unpaired) electrons. The molecule has 7 rings (SSSR count). The van der Waals surface area contributed by atoms with Crippen LogP contribution in [0, 0.1) is 55.4 Å². The monoisotopic (exact) mass is 590 g/mol. The second-order valence-corrected chi connectivity index (χ2v) is 12.3. The number of rotatable bonds is 5. The van der Waals surface area contributed by atoms with Crippen molar-refractivity contribution in [3.05, 3.63) is 130 Å². The van der Waals surface area contributed by atoms with E-state index in [0.717, 1.165) is 50.8 Å². The van der Waals surface area contributed by atoms with Crippen LogP contribution >= 0.6 is 0 Å². The lowest BCUT2D eigenvalue weighted by atomic mass is 9.85. The largest absolute Gasteiger partial charge is 0.457 e. The van der Waals surface area contributed by atoms with E-state index in [2.05, 4.69) is 115 Å². The average Bonchev–Trinajstić information content (AvgIpc) is 3.52. The molecule has 0 saturated heterocycles. The van der Waals surface area contributed by atoms with Crippen molar-refractivity contribution in [1.82, 2.24) is 19.3 Å². The van der Waals surface area contributed by atoms with Crippen molar-refractivity contribution < 1.29 is 4.74 Å². The molecule has 0 aliphatic carbocycles. The summed E-state index contributed by atoms with van der Waals surface area (Å²) in [6.45, 7) is 17.5. The quantitative estimate of drug-likeness (QED) is 0.200. The number of para-hydroxylation sites is 1. The fourth-order valence-corrected chi connectivity index (χ4v) is 6.85. The molecule has 0 unspecified atom stereocenters. The maximum Gasteiger partial charge on any atom is 0.137 e. The Balaban J connectivity index is 1.29. The molecule has 224 valence electrons. The van der Waals surface area contributed by atoms with E-state index in [9.17, 15) is 0 Å². The third-order valence-electron chi connectivity index (χ3n) is 9.61. The second-order valence-electron chi connectivity index (χ2n) is 12.3. The van der Waals surface area contributed by atoms with Gasteiger partial charge in [-0.25, -0.2) is 9.67 Å². The second kappa shape index (κ2) is 10.8. The van der Waals surface area contributed by atoms with Gasteiger partial charge in [-0.3, -0.25) is 4.57 Å². The summed E-state index contributed by atoms with van der Waals surface area (Å²) in [7, 11) is 0. The molecule has 0 aliphatic rings. The van der Waals surface area contributed by atoms with Crippen LogP contribution in [-0.2, 0) is 0 Å². The first-order valence-electron chi connectivity index (χ1n) is 15.5. The molecule has 0 bridgehead atoms. The predicted molar refractivity (Wildman–Crippen MR) is 186 cm³/mol. The zero-order valence-electron chi connectivity index (χ0n) is 27.3. The number of ether oxygens (including phenoxy) is 1. The van der Waals surface area contributed by atoms with E-state index < -0.39 is 0 Å². The van der Waals surface area contributed by atoms with E-state index in [1.54, 1.807) is 0 Å². The molecule has 5 nitrogen and oxygen atoms in total. The summed E-state index contributed by atoms with van der Waals surface area (Å²) >= 11 is 0. The van der Waals surface area contributed by atoms with Crippen LogP contribution < -0.4 is 4.74 Å². The number of hydrogen-bond acceptors (Lipinski definition) is 3. The molecule has 0 aliphatic heterocycles. The van der Waals surface area contributed by atoms with Gasteiger partial charge in [0.2, 0.25) is 0 Å². The number of benzene rings is 4. The highest BCUT2D eigenvalue weighted by molar-refractivity contribution is 6.09. The number of nitrogens with zero attached hydrogens (tertiary/aromatic N) is 4. The highest BCUT2D eigenvalue weighted by Crippen LogP contribution is 2.39. The lowest BCUT2D eigenvalue weighted by molar-refractivity contribution is 0.482. The lowest BCUT2D eigenvalue weighted by Crippen LogP contribution is -2.02. The number of fused-ring (bicyclic) bond motifs is 3. The first-order valence-corrected chi connectivity index (χ1v) is 15.5. The smallest absolute Gasteiger partial charge is 0.137 e. The summed E-state index contributed by atoms with van der Waals surface area (Å²) in [5.74, 6) is 2.42. The fourth-order valence-electron chi connectivity index (χ4n) is 6.85. The average molecular weight is 591 g/mol. The minimum atomic E-state index is 0.756. The molecule has 0 fully saturated rings. The molecule has 0 atom stereocenters. The van der Waals surface area contributed by atoms with E-state index in [4.69, 9.17) is 14.8 Å². The van der Waals surface area contributed by atoms with Crippen molar-refractivity contribution in [2.45, 2.75) is 55.4 Å². The molecular formula is C40H38N4O. The van der Waals surface area contributed by atoms with Crippen molar-refractivity contribution >= 4 is 21.8 Å². The van der Waals surface area contributed by atoms with Gasteiger partial charge in [-0.15, -0.1) is 0 Å². The highest BCUT2D eigenvalue weighted by atomic mass is 16.5.